The average molecular weight is 564 g/mol. The molecule has 1 unspecified atom stereocenters. The molecule has 0 spiro atoms. The summed E-state index contributed by atoms with van der Waals surface area (Å²) in [6, 6.07) is 8.65. The molecule has 2 atom stereocenters. The summed E-state index contributed by atoms with van der Waals surface area (Å²) in [5.41, 5.74) is 10.7. The molecule has 2 aromatic rings. The Balaban J connectivity index is 0.00000260. The van der Waals surface area contributed by atoms with Crippen LogP contribution in [-0.2, 0) is 24.3 Å². The number of sulfonamides is 1. The molecule has 14 nitrogen and oxygen atoms in total. The molecule has 39 heavy (non-hydrogen) atoms. The first kappa shape index (κ1) is 31.2. The molecular formula is C24H33N7O7S. The number of aliphatic carboxylic acids is 1. The Kier molecular flexibility index (Phi) is 11.9. The van der Waals surface area contributed by atoms with Gasteiger partial charge in [0.05, 0.1) is 18.1 Å². The first-order valence-electron chi connectivity index (χ1n) is 12.1. The van der Waals surface area contributed by atoms with Crippen LogP contribution in [0.5, 0.6) is 5.75 Å². The summed E-state index contributed by atoms with van der Waals surface area (Å²) in [6.45, 7) is 0.170. The monoisotopic (exact) mass is 563 g/mol. The Hall–Kier alpha value is -4.00. The number of nitrogens with one attached hydrogen (secondary N) is 1. The van der Waals surface area contributed by atoms with Crippen LogP contribution in [0.2, 0.25) is 0 Å². The molecule has 3 rings (SSSR count). The highest BCUT2D eigenvalue weighted by atomic mass is 32.2. The lowest BCUT2D eigenvalue weighted by atomic mass is 10.1. The molecule has 0 aliphatic carbocycles. The molecule has 212 valence electrons. The number of carbonyl (C=O) groups is 2. The van der Waals surface area contributed by atoms with Crippen molar-refractivity contribution in [3.05, 3.63) is 36.4 Å². The van der Waals surface area contributed by atoms with Gasteiger partial charge >= 0.3 is 5.97 Å². The largest absolute Gasteiger partial charge is 0.497 e. The Morgan fingerprint density at radius 2 is 1.95 bits per heavy atom. The van der Waals surface area contributed by atoms with Crippen molar-refractivity contribution in [1.82, 2.24) is 9.62 Å². The lowest BCUT2D eigenvalue weighted by Crippen LogP contribution is -2.51. The van der Waals surface area contributed by atoms with Crippen molar-refractivity contribution in [2.24, 2.45) is 16.5 Å². The summed E-state index contributed by atoms with van der Waals surface area (Å²) in [5, 5.41) is 22.8. The maximum atomic E-state index is 13.5. The third-order valence-corrected chi connectivity index (χ3v) is 7.43. The topological polar surface area (TPSA) is 234 Å². The minimum absolute atomic E-state index is 0.0424. The van der Waals surface area contributed by atoms with Crippen LogP contribution in [0.25, 0.3) is 10.8 Å². The van der Waals surface area contributed by atoms with Crippen molar-refractivity contribution in [3.8, 4) is 5.75 Å². The molecule has 0 bridgehead atoms. The molecule has 15 heteroatoms. The molecule has 1 saturated heterocycles. The molecule has 0 aromatic heterocycles. The first-order chi connectivity index (χ1) is 18.6. The number of benzene rings is 2. The lowest BCUT2D eigenvalue weighted by molar-refractivity contribution is -0.146. The predicted molar refractivity (Wildman–Crippen MR) is 141 cm³/mol. The third kappa shape index (κ3) is 9.36. The van der Waals surface area contributed by atoms with Crippen LogP contribution in [0.15, 0.2) is 46.3 Å². The second-order valence-corrected chi connectivity index (χ2v) is 10.5. The van der Waals surface area contributed by atoms with Gasteiger partial charge < -0.3 is 30.9 Å². The minimum atomic E-state index is -4.16. The number of carboxylic acid groups (broad SMARTS) is 1. The Morgan fingerprint density at radius 3 is 2.56 bits per heavy atom. The van der Waals surface area contributed by atoms with E-state index in [4.69, 9.17) is 31.7 Å². The summed E-state index contributed by atoms with van der Waals surface area (Å²) >= 11 is 0. The summed E-state index contributed by atoms with van der Waals surface area (Å²) < 4.78 is 40.0. The number of hydrogen-bond acceptors (Lipinski definition) is 9. The van der Waals surface area contributed by atoms with Crippen LogP contribution in [-0.4, -0.2) is 81.8 Å². The number of carboxylic acids is 1. The van der Waals surface area contributed by atoms with Gasteiger partial charge in [-0.2, -0.15) is 4.72 Å². The van der Waals surface area contributed by atoms with Gasteiger partial charge in [0.1, 0.15) is 18.3 Å². The fourth-order valence-electron chi connectivity index (χ4n) is 4.14. The highest BCUT2D eigenvalue weighted by Crippen LogP contribution is 2.24. The summed E-state index contributed by atoms with van der Waals surface area (Å²) in [5.74, 6) is -1.42. The highest BCUT2D eigenvalue weighted by molar-refractivity contribution is 7.89. The second-order valence-electron chi connectivity index (χ2n) is 8.75. The van der Waals surface area contributed by atoms with E-state index in [0.29, 0.717) is 24.2 Å². The fraction of sp³-hybridized carbons (Fsp3) is 0.458. The number of nitrogens with two attached hydrogens (primary N) is 2. The fourth-order valence-corrected chi connectivity index (χ4v) is 5.40. The molecule has 0 radical (unpaired) electrons. The number of guanidine groups is 1. The quantitative estimate of drug-likeness (QED) is 0.114. The number of nitrogens with zero attached hydrogens (tertiary/aromatic N) is 4. The van der Waals surface area contributed by atoms with Gasteiger partial charge in [0.15, 0.2) is 5.96 Å². The van der Waals surface area contributed by atoms with Crippen LogP contribution in [0, 0.1) is 10.8 Å². The standard InChI is InChI=1S/C24H33N5O7S.N2/c1-35-18-8-6-16-7-9-20(13-17(16)12-18)37(33,34)28-21(5-2-10-27-24(25)26)23(32)29(15-22(30)31)14-19-4-3-11-36-19;1-2/h6-9,12-13,19,21,28H,2-5,10-11,14-15H2,1H3,(H,30,31)(H4,25,26,27);/t19?,21-;/m0./s1. The highest BCUT2D eigenvalue weighted by Gasteiger charge is 2.32. The molecule has 1 fully saturated rings. The summed E-state index contributed by atoms with van der Waals surface area (Å²) in [4.78, 5) is 29.9. The zero-order chi connectivity index (χ0) is 29.0. The van der Waals surface area contributed by atoms with Crippen molar-refractivity contribution in [3.63, 3.8) is 0 Å². The van der Waals surface area contributed by atoms with Crippen molar-refractivity contribution >= 4 is 38.6 Å². The maximum absolute atomic E-state index is 13.5. The number of hydrogen-bond donors (Lipinski definition) is 4. The van der Waals surface area contributed by atoms with Crippen LogP contribution in [0.3, 0.4) is 0 Å². The van der Waals surface area contributed by atoms with Crippen molar-refractivity contribution < 1.29 is 32.6 Å². The van der Waals surface area contributed by atoms with Crippen LogP contribution in [0.4, 0.5) is 0 Å². The van der Waals surface area contributed by atoms with Crippen LogP contribution in [0.1, 0.15) is 25.7 Å². The molecule has 2 aromatic carbocycles. The van der Waals surface area contributed by atoms with Gasteiger partial charge in [0, 0.05) is 30.5 Å². The number of aliphatic imine (C=N–C) groups is 1. The zero-order valence-electron chi connectivity index (χ0n) is 21.5. The average Bonchev–Trinajstić information content (AvgIpc) is 3.43. The second kappa shape index (κ2) is 14.8. The van der Waals surface area contributed by atoms with E-state index in [2.05, 4.69) is 9.71 Å². The SMILES string of the molecule is COc1ccc2ccc(S(=O)(=O)N[C@@H](CCCN=C(N)N)C(=O)N(CC(=O)O)CC3CCCO3)cc2c1.N#N. The number of methoxy groups -OCH3 is 1. The molecule has 0 saturated carbocycles. The van der Waals surface area contributed by atoms with Gasteiger partial charge in [-0.3, -0.25) is 14.6 Å². The Labute approximate surface area is 226 Å². The van der Waals surface area contributed by atoms with Gasteiger partial charge in [-0.1, -0.05) is 12.1 Å². The zero-order valence-corrected chi connectivity index (χ0v) is 22.3. The van der Waals surface area contributed by atoms with E-state index in [1.165, 1.54) is 19.2 Å². The lowest BCUT2D eigenvalue weighted by Gasteiger charge is -2.28. The van der Waals surface area contributed by atoms with Crippen LogP contribution >= 0.6 is 0 Å². The van der Waals surface area contributed by atoms with E-state index in [9.17, 15) is 23.1 Å². The number of amides is 1. The van der Waals surface area contributed by atoms with Crippen molar-refractivity contribution in [2.75, 3.05) is 33.4 Å². The third-order valence-electron chi connectivity index (χ3n) is 5.96. The molecule has 6 N–H and O–H groups in total. The van der Waals surface area contributed by atoms with E-state index < -0.39 is 34.5 Å². The minimum Gasteiger partial charge on any atom is -0.497 e. The summed E-state index contributed by atoms with van der Waals surface area (Å²) in [6.07, 6.45) is 1.52. The van der Waals surface area contributed by atoms with Crippen molar-refractivity contribution in [2.45, 2.75) is 42.7 Å². The smallest absolute Gasteiger partial charge is 0.323 e. The molecule has 1 amide bonds. The number of rotatable bonds is 13. The summed E-state index contributed by atoms with van der Waals surface area (Å²) in [7, 11) is -2.65. The van der Waals surface area contributed by atoms with E-state index in [-0.39, 0.29) is 42.9 Å². The van der Waals surface area contributed by atoms with Crippen molar-refractivity contribution in [1.29, 1.82) is 10.8 Å². The maximum Gasteiger partial charge on any atom is 0.323 e. The van der Waals surface area contributed by atoms with E-state index in [0.717, 1.165) is 16.7 Å². The molecular weight excluding hydrogens is 530 g/mol. The van der Waals surface area contributed by atoms with Gasteiger partial charge in [0.25, 0.3) is 0 Å². The van der Waals surface area contributed by atoms with Gasteiger partial charge in [-0.15, -0.1) is 0 Å². The van der Waals surface area contributed by atoms with Gasteiger partial charge in [0.2, 0.25) is 15.9 Å². The van der Waals surface area contributed by atoms with E-state index in [1.54, 1.807) is 18.2 Å². The molecule has 1 aliphatic rings. The molecule has 1 aliphatic heterocycles. The van der Waals surface area contributed by atoms with Gasteiger partial charge in [-0.25, -0.2) is 8.42 Å². The van der Waals surface area contributed by atoms with E-state index in [1.807, 2.05) is 6.07 Å². The number of ether oxygens (including phenoxy) is 2. The Morgan fingerprint density at radius 1 is 1.23 bits per heavy atom. The molecule has 1 heterocycles. The number of fused-ring (bicyclic) bond motifs is 1. The van der Waals surface area contributed by atoms with E-state index >= 15 is 0 Å². The predicted octanol–water partition coefficient (Wildman–Crippen LogP) is 0.671. The van der Waals surface area contributed by atoms with Gasteiger partial charge in [-0.05, 0) is 60.7 Å². The Bertz CT molecular complexity index is 1290. The normalized spacial score (nSPS) is 15.5. The van der Waals surface area contributed by atoms with Crippen LogP contribution < -0.4 is 20.9 Å². The number of carbonyl (C=O) groups excluding carboxylic acids is 1. The first-order valence-corrected chi connectivity index (χ1v) is 13.5.